The van der Waals surface area contributed by atoms with Gasteiger partial charge in [0.1, 0.15) is 5.75 Å². The smallest absolute Gasteiger partial charge is 0.118 e. The Labute approximate surface area is 126 Å². The molecule has 4 nitrogen and oxygen atoms in total. The lowest BCUT2D eigenvalue weighted by molar-refractivity contribution is 0.414. The molecule has 2 aromatic rings. The summed E-state index contributed by atoms with van der Waals surface area (Å²) in [6, 6.07) is 10.6. The van der Waals surface area contributed by atoms with Gasteiger partial charge in [-0.15, -0.1) is 12.4 Å². The highest BCUT2D eigenvalue weighted by molar-refractivity contribution is 5.85. The molecule has 0 bridgehead atoms. The lowest BCUT2D eigenvalue weighted by Crippen LogP contribution is -2.13. The highest BCUT2D eigenvalue weighted by atomic mass is 35.5. The summed E-state index contributed by atoms with van der Waals surface area (Å²) in [4.78, 5) is 0. The van der Waals surface area contributed by atoms with Gasteiger partial charge < -0.3 is 10.1 Å². The minimum absolute atomic E-state index is 0. The van der Waals surface area contributed by atoms with Gasteiger partial charge in [-0.1, -0.05) is 12.1 Å². The highest BCUT2D eigenvalue weighted by Gasteiger charge is 2.01. The first-order chi connectivity index (χ1) is 9.19. The van der Waals surface area contributed by atoms with Crippen LogP contribution in [-0.4, -0.2) is 16.9 Å². The van der Waals surface area contributed by atoms with Crippen molar-refractivity contribution in [2.45, 2.75) is 33.0 Å². The van der Waals surface area contributed by atoms with Crippen LogP contribution in [0.5, 0.6) is 5.75 Å². The van der Waals surface area contributed by atoms with Crippen LogP contribution >= 0.6 is 12.4 Å². The van der Waals surface area contributed by atoms with Crippen LogP contribution in [0.4, 0.5) is 0 Å². The molecule has 2 rings (SSSR count). The Bertz CT molecular complexity index is 508. The van der Waals surface area contributed by atoms with Gasteiger partial charge in [0.25, 0.3) is 0 Å². The van der Waals surface area contributed by atoms with Crippen molar-refractivity contribution in [1.82, 2.24) is 15.1 Å². The first-order valence-electron chi connectivity index (χ1n) is 6.56. The molecule has 20 heavy (non-hydrogen) atoms. The second kappa shape index (κ2) is 7.92. The standard InChI is InChI=1S/C15H21N3O.ClH/c1-12(2)18-9-8-14(17-18)11-16-10-13-4-6-15(19-3)7-5-13;/h4-9,12,16H,10-11H2,1-3H3;1H. The third-order valence-electron chi connectivity index (χ3n) is 2.99. The molecule has 1 aromatic heterocycles. The van der Waals surface area contributed by atoms with Gasteiger partial charge in [0.2, 0.25) is 0 Å². The molecule has 0 saturated carbocycles. The van der Waals surface area contributed by atoms with E-state index < -0.39 is 0 Å². The Balaban J connectivity index is 0.00000200. The third kappa shape index (κ3) is 4.54. The average Bonchev–Trinajstić information content (AvgIpc) is 2.89. The predicted molar refractivity (Wildman–Crippen MR) is 83.4 cm³/mol. The molecular formula is C15H22ClN3O. The van der Waals surface area contributed by atoms with Crippen molar-refractivity contribution < 1.29 is 4.74 Å². The number of methoxy groups -OCH3 is 1. The minimum Gasteiger partial charge on any atom is -0.497 e. The summed E-state index contributed by atoms with van der Waals surface area (Å²) >= 11 is 0. The van der Waals surface area contributed by atoms with Crippen molar-refractivity contribution in [3.05, 3.63) is 47.8 Å². The molecule has 5 heteroatoms. The lowest BCUT2D eigenvalue weighted by atomic mass is 10.2. The van der Waals surface area contributed by atoms with E-state index in [1.807, 2.05) is 23.0 Å². The summed E-state index contributed by atoms with van der Waals surface area (Å²) in [5.41, 5.74) is 2.31. The first-order valence-corrected chi connectivity index (χ1v) is 6.56. The van der Waals surface area contributed by atoms with Crippen molar-refractivity contribution in [3.63, 3.8) is 0 Å². The molecule has 0 spiro atoms. The molecule has 0 aliphatic rings. The Kier molecular flexibility index (Phi) is 6.55. The zero-order valence-electron chi connectivity index (χ0n) is 12.2. The molecular weight excluding hydrogens is 274 g/mol. The summed E-state index contributed by atoms with van der Waals surface area (Å²) in [7, 11) is 1.68. The highest BCUT2D eigenvalue weighted by Crippen LogP contribution is 2.11. The predicted octanol–water partition coefficient (Wildman–Crippen LogP) is 3.18. The molecule has 0 fully saturated rings. The molecule has 110 valence electrons. The molecule has 1 heterocycles. The van der Waals surface area contributed by atoms with Crippen LogP contribution in [0.2, 0.25) is 0 Å². The van der Waals surface area contributed by atoms with Crippen LogP contribution in [-0.2, 0) is 13.1 Å². The second-order valence-electron chi connectivity index (χ2n) is 4.83. The summed E-state index contributed by atoms with van der Waals surface area (Å²) in [6.07, 6.45) is 2.02. The molecule has 0 unspecified atom stereocenters. The van der Waals surface area contributed by atoms with Crippen LogP contribution in [0.1, 0.15) is 31.1 Å². The molecule has 0 radical (unpaired) electrons. The number of aromatic nitrogens is 2. The van der Waals surface area contributed by atoms with Gasteiger partial charge in [-0.05, 0) is 37.6 Å². The van der Waals surface area contributed by atoms with Crippen molar-refractivity contribution >= 4 is 12.4 Å². The Morgan fingerprint density at radius 1 is 1.15 bits per heavy atom. The van der Waals surface area contributed by atoms with Gasteiger partial charge in [0.05, 0.1) is 12.8 Å². The molecule has 1 N–H and O–H groups in total. The average molecular weight is 296 g/mol. The van der Waals surface area contributed by atoms with E-state index in [1.165, 1.54) is 5.56 Å². The van der Waals surface area contributed by atoms with Crippen LogP contribution in [0.15, 0.2) is 36.5 Å². The minimum atomic E-state index is 0. The fourth-order valence-corrected chi connectivity index (χ4v) is 1.84. The van der Waals surface area contributed by atoms with E-state index in [1.54, 1.807) is 7.11 Å². The van der Waals surface area contributed by atoms with Gasteiger partial charge in [0.15, 0.2) is 0 Å². The second-order valence-corrected chi connectivity index (χ2v) is 4.83. The zero-order valence-corrected chi connectivity index (χ0v) is 13.0. The van der Waals surface area contributed by atoms with E-state index in [4.69, 9.17) is 4.74 Å². The van der Waals surface area contributed by atoms with Gasteiger partial charge >= 0.3 is 0 Å². The maximum atomic E-state index is 5.13. The summed E-state index contributed by atoms with van der Waals surface area (Å²) in [5.74, 6) is 0.888. The maximum Gasteiger partial charge on any atom is 0.118 e. The summed E-state index contributed by atoms with van der Waals surface area (Å²) in [5, 5.41) is 7.89. The quantitative estimate of drug-likeness (QED) is 0.889. The van der Waals surface area contributed by atoms with Gasteiger partial charge in [-0.25, -0.2) is 0 Å². The van der Waals surface area contributed by atoms with Gasteiger partial charge in [-0.3, -0.25) is 4.68 Å². The zero-order chi connectivity index (χ0) is 13.7. The Morgan fingerprint density at radius 2 is 1.85 bits per heavy atom. The van der Waals surface area contributed by atoms with Crippen molar-refractivity contribution in [3.8, 4) is 5.75 Å². The molecule has 1 aromatic carbocycles. The topological polar surface area (TPSA) is 39.1 Å². The number of halogens is 1. The number of hydrogen-bond acceptors (Lipinski definition) is 3. The van der Waals surface area contributed by atoms with E-state index >= 15 is 0 Å². The van der Waals surface area contributed by atoms with E-state index in [2.05, 4.69) is 42.5 Å². The van der Waals surface area contributed by atoms with Gasteiger partial charge in [-0.2, -0.15) is 5.10 Å². The van der Waals surface area contributed by atoms with Crippen LogP contribution in [0.3, 0.4) is 0 Å². The van der Waals surface area contributed by atoms with Crippen molar-refractivity contribution in [1.29, 1.82) is 0 Å². The third-order valence-corrected chi connectivity index (χ3v) is 2.99. The Morgan fingerprint density at radius 3 is 2.40 bits per heavy atom. The molecule has 0 aliphatic carbocycles. The van der Waals surface area contributed by atoms with Crippen LogP contribution < -0.4 is 10.1 Å². The SMILES string of the molecule is COc1ccc(CNCc2ccn(C(C)C)n2)cc1.Cl. The van der Waals surface area contributed by atoms with E-state index in [9.17, 15) is 0 Å². The fourth-order valence-electron chi connectivity index (χ4n) is 1.84. The Hall–Kier alpha value is -1.52. The maximum absolute atomic E-state index is 5.13. The molecule has 0 atom stereocenters. The number of rotatable bonds is 6. The molecule has 0 saturated heterocycles. The van der Waals surface area contributed by atoms with Crippen LogP contribution in [0.25, 0.3) is 0 Å². The molecule has 0 amide bonds. The number of nitrogens with one attached hydrogen (secondary N) is 1. The number of ether oxygens (including phenoxy) is 1. The first kappa shape index (κ1) is 16.5. The number of benzene rings is 1. The van der Waals surface area contributed by atoms with E-state index in [-0.39, 0.29) is 12.4 Å². The van der Waals surface area contributed by atoms with E-state index in [0.717, 1.165) is 24.5 Å². The fraction of sp³-hybridized carbons (Fsp3) is 0.400. The lowest BCUT2D eigenvalue weighted by Gasteiger charge is -2.06. The summed E-state index contributed by atoms with van der Waals surface area (Å²) in [6.45, 7) is 5.87. The molecule has 0 aliphatic heterocycles. The number of nitrogens with zero attached hydrogens (tertiary/aromatic N) is 2. The largest absolute Gasteiger partial charge is 0.497 e. The van der Waals surface area contributed by atoms with Crippen molar-refractivity contribution in [2.75, 3.05) is 7.11 Å². The van der Waals surface area contributed by atoms with Crippen LogP contribution in [0, 0.1) is 0 Å². The van der Waals surface area contributed by atoms with Crippen molar-refractivity contribution in [2.24, 2.45) is 0 Å². The normalized spacial score (nSPS) is 10.4. The van der Waals surface area contributed by atoms with Gasteiger partial charge in [0, 0.05) is 25.3 Å². The van der Waals surface area contributed by atoms with E-state index in [0.29, 0.717) is 6.04 Å². The monoisotopic (exact) mass is 295 g/mol. The number of hydrogen-bond donors (Lipinski definition) is 1. The summed E-state index contributed by atoms with van der Waals surface area (Å²) < 4.78 is 7.11.